The summed E-state index contributed by atoms with van der Waals surface area (Å²) in [6.07, 6.45) is 1.69. The van der Waals surface area contributed by atoms with Crippen molar-refractivity contribution in [3.63, 3.8) is 0 Å². The monoisotopic (exact) mass is 199 g/mol. The molecule has 0 aromatic heterocycles. The number of methoxy groups -OCH3 is 1. The van der Waals surface area contributed by atoms with Crippen LogP contribution in [0.25, 0.3) is 0 Å². The molecule has 0 saturated carbocycles. The van der Waals surface area contributed by atoms with Crippen molar-refractivity contribution in [3.8, 4) is 0 Å². The highest BCUT2D eigenvalue weighted by molar-refractivity contribution is 5.83. The number of ether oxygens (including phenoxy) is 1. The summed E-state index contributed by atoms with van der Waals surface area (Å²) in [6.45, 7) is 4.24. The number of amides is 1. The number of rotatable bonds is 1. The van der Waals surface area contributed by atoms with Gasteiger partial charge in [0, 0.05) is 13.5 Å². The predicted octanol–water partition coefficient (Wildman–Crippen LogP) is 0.806. The summed E-state index contributed by atoms with van der Waals surface area (Å²) in [5.41, 5.74) is 0. The number of carbonyl (C=O) groups excluding carboxylic acids is 2. The van der Waals surface area contributed by atoms with Gasteiger partial charge in [0.05, 0.1) is 7.11 Å². The third-order valence-corrected chi connectivity index (χ3v) is 2.70. The Hall–Kier alpha value is -1.06. The van der Waals surface area contributed by atoms with Gasteiger partial charge in [0.2, 0.25) is 5.91 Å². The summed E-state index contributed by atoms with van der Waals surface area (Å²) in [6, 6.07) is -0.367. The minimum Gasteiger partial charge on any atom is -0.467 e. The van der Waals surface area contributed by atoms with Gasteiger partial charge in [-0.25, -0.2) is 4.79 Å². The highest BCUT2D eigenvalue weighted by atomic mass is 16.5. The lowest BCUT2D eigenvalue weighted by molar-refractivity contribution is -0.154. The SMILES string of the molecule is COC(=O)[C@@H]1CC[C@@H](C)CN1C(C)=O. The van der Waals surface area contributed by atoms with Gasteiger partial charge in [-0.05, 0) is 18.8 Å². The van der Waals surface area contributed by atoms with Crippen molar-refractivity contribution >= 4 is 11.9 Å². The van der Waals surface area contributed by atoms with Gasteiger partial charge in [0.25, 0.3) is 0 Å². The number of hydrogen-bond acceptors (Lipinski definition) is 3. The maximum Gasteiger partial charge on any atom is 0.328 e. The van der Waals surface area contributed by atoms with Crippen LogP contribution in [-0.2, 0) is 14.3 Å². The Bertz CT molecular complexity index is 240. The van der Waals surface area contributed by atoms with Crippen LogP contribution in [-0.4, -0.2) is 36.5 Å². The van der Waals surface area contributed by atoms with Crippen LogP contribution >= 0.6 is 0 Å². The van der Waals surface area contributed by atoms with Gasteiger partial charge in [-0.3, -0.25) is 4.79 Å². The molecule has 1 fully saturated rings. The number of nitrogens with zero attached hydrogens (tertiary/aromatic N) is 1. The molecule has 80 valence electrons. The topological polar surface area (TPSA) is 46.6 Å². The Morgan fingerprint density at radius 3 is 2.50 bits per heavy atom. The number of esters is 1. The Balaban J connectivity index is 2.72. The fourth-order valence-corrected chi connectivity index (χ4v) is 1.88. The van der Waals surface area contributed by atoms with Crippen molar-refractivity contribution in [3.05, 3.63) is 0 Å². The number of likely N-dealkylation sites (tertiary alicyclic amines) is 1. The van der Waals surface area contributed by atoms with Crippen molar-refractivity contribution in [2.75, 3.05) is 13.7 Å². The van der Waals surface area contributed by atoms with Crippen molar-refractivity contribution < 1.29 is 14.3 Å². The summed E-state index contributed by atoms with van der Waals surface area (Å²) < 4.78 is 4.67. The third-order valence-electron chi connectivity index (χ3n) is 2.70. The average Bonchev–Trinajstić information content (AvgIpc) is 2.16. The second-order valence-electron chi connectivity index (χ2n) is 3.89. The molecule has 4 nitrogen and oxygen atoms in total. The van der Waals surface area contributed by atoms with Crippen LogP contribution in [0.1, 0.15) is 26.7 Å². The number of piperidine rings is 1. The smallest absolute Gasteiger partial charge is 0.328 e. The normalized spacial score (nSPS) is 27.2. The molecule has 1 saturated heterocycles. The summed E-state index contributed by atoms with van der Waals surface area (Å²) in [4.78, 5) is 24.3. The fraction of sp³-hybridized carbons (Fsp3) is 0.800. The second kappa shape index (κ2) is 4.44. The summed E-state index contributed by atoms with van der Waals surface area (Å²) in [5, 5.41) is 0. The zero-order valence-electron chi connectivity index (χ0n) is 8.95. The van der Waals surface area contributed by atoms with Crippen molar-refractivity contribution in [2.45, 2.75) is 32.7 Å². The van der Waals surface area contributed by atoms with E-state index in [1.165, 1.54) is 14.0 Å². The Morgan fingerprint density at radius 1 is 1.36 bits per heavy atom. The molecule has 1 amide bonds. The van der Waals surface area contributed by atoms with Crippen molar-refractivity contribution in [2.24, 2.45) is 5.92 Å². The van der Waals surface area contributed by atoms with E-state index in [0.29, 0.717) is 18.9 Å². The van der Waals surface area contributed by atoms with Crippen LogP contribution in [0.3, 0.4) is 0 Å². The molecular weight excluding hydrogens is 182 g/mol. The Kier molecular flexibility index (Phi) is 3.49. The van der Waals surface area contributed by atoms with E-state index >= 15 is 0 Å². The zero-order valence-corrected chi connectivity index (χ0v) is 8.95. The summed E-state index contributed by atoms with van der Waals surface area (Å²) >= 11 is 0. The second-order valence-corrected chi connectivity index (χ2v) is 3.89. The molecule has 1 aliphatic rings. The molecule has 0 aliphatic carbocycles. The van der Waals surface area contributed by atoms with E-state index in [4.69, 9.17) is 0 Å². The Morgan fingerprint density at radius 2 is 2.00 bits per heavy atom. The first-order valence-corrected chi connectivity index (χ1v) is 4.91. The zero-order chi connectivity index (χ0) is 10.7. The van der Waals surface area contributed by atoms with Crippen LogP contribution in [0.15, 0.2) is 0 Å². The van der Waals surface area contributed by atoms with Crippen molar-refractivity contribution in [1.82, 2.24) is 4.90 Å². The van der Waals surface area contributed by atoms with Crippen LogP contribution < -0.4 is 0 Å². The summed E-state index contributed by atoms with van der Waals surface area (Å²) in [7, 11) is 1.36. The largest absolute Gasteiger partial charge is 0.467 e. The molecule has 1 aliphatic heterocycles. The van der Waals surface area contributed by atoms with E-state index in [-0.39, 0.29) is 17.9 Å². The molecule has 0 aromatic carbocycles. The fourth-order valence-electron chi connectivity index (χ4n) is 1.88. The molecule has 14 heavy (non-hydrogen) atoms. The van der Waals surface area contributed by atoms with E-state index in [0.717, 1.165) is 6.42 Å². The van der Waals surface area contributed by atoms with Gasteiger partial charge in [0.15, 0.2) is 0 Å². The molecule has 2 atom stereocenters. The highest BCUT2D eigenvalue weighted by Gasteiger charge is 2.33. The minimum absolute atomic E-state index is 0.0491. The number of carbonyl (C=O) groups is 2. The van der Waals surface area contributed by atoms with Crippen LogP contribution in [0.4, 0.5) is 0 Å². The number of hydrogen-bond donors (Lipinski definition) is 0. The van der Waals surface area contributed by atoms with Crippen molar-refractivity contribution in [1.29, 1.82) is 0 Å². The summed E-state index contributed by atoms with van der Waals surface area (Å²) in [5.74, 6) is 0.124. The molecule has 0 aromatic rings. The van der Waals surface area contributed by atoms with Gasteiger partial charge in [-0.15, -0.1) is 0 Å². The molecule has 4 heteroatoms. The maximum atomic E-state index is 11.4. The average molecular weight is 199 g/mol. The lowest BCUT2D eigenvalue weighted by atomic mass is 9.94. The van der Waals surface area contributed by atoms with Gasteiger partial charge >= 0.3 is 5.97 Å². The van der Waals surface area contributed by atoms with Crippen LogP contribution in [0.2, 0.25) is 0 Å². The molecule has 1 heterocycles. The molecule has 1 rings (SSSR count). The Labute approximate surface area is 84.2 Å². The van der Waals surface area contributed by atoms with Gasteiger partial charge in [-0.1, -0.05) is 6.92 Å². The lowest BCUT2D eigenvalue weighted by Crippen LogP contribution is -2.49. The van der Waals surface area contributed by atoms with E-state index in [1.54, 1.807) is 4.90 Å². The molecule has 0 bridgehead atoms. The van der Waals surface area contributed by atoms with Crippen LogP contribution in [0, 0.1) is 5.92 Å². The minimum atomic E-state index is -0.367. The first-order valence-electron chi connectivity index (χ1n) is 4.91. The molecule has 0 radical (unpaired) electrons. The van der Waals surface area contributed by atoms with Crippen LogP contribution in [0.5, 0.6) is 0 Å². The van der Waals surface area contributed by atoms with E-state index in [2.05, 4.69) is 11.7 Å². The standard InChI is InChI=1S/C10H17NO3/c1-7-4-5-9(10(13)14-3)11(6-7)8(2)12/h7,9H,4-6H2,1-3H3/t7-,9+/m1/s1. The molecule has 0 N–H and O–H groups in total. The van der Waals surface area contributed by atoms with Gasteiger partial charge < -0.3 is 9.64 Å². The first-order chi connectivity index (χ1) is 6.56. The van der Waals surface area contributed by atoms with E-state index in [9.17, 15) is 9.59 Å². The molecular formula is C10H17NO3. The quantitative estimate of drug-likeness (QED) is 0.587. The predicted molar refractivity (Wildman–Crippen MR) is 51.6 cm³/mol. The molecule has 0 unspecified atom stereocenters. The van der Waals surface area contributed by atoms with E-state index < -0.39 is 0 Å². The lowest BCUT2D eigenvalue weighted by Gasteiger charge is -2.36. The maximum absolute atomic E-state index is 11.4. The van der Waals surface area contributed by atoms with E-state index in [1.807, 2.05) is 0 Å². The van der Waals surface area contributed by atoms with Gasteiger partial charge in [0.1, 0.15) is 6.04 Å². The molecule has 0 spiro atoms. The van der Waals surface area contributed by atoms with Gasteiger partial charge in [-0.2, -0.15) is 0 Å². The third kappa shape index (κ3) is 2.25. The first kappa shape index (κ1) is 11.0. The highest BCUT2D eigenvalue weighted by Crippen LogP contribution is 2.22.